The number of rotatable bonds is 6. The maximum atomic E-state index is 13.4. The molecule has 0 aliphatic rings. The summed E-state index contributed by atoms with van der Waals surface area (Å²) in [4.78, 5) is 13.4. The highest BCUT2D eigenvalue weighted by Gasteiger charge is 2.19. The van der Waals surface area contributed by atoms with Crippen LogP contribution in [0.4, 0.5) is 0 Å². The van der Waals surface area contributed by atoms with Crippen LogP contribution in [0.5, 0.6) is 23.0 Å². The maximum Gasteiger partial charge on any atom is 0.200 e. The van der Waals surface area contributed by atoms with Gasteiger partial charge >= 0.3 is 0 Å². The molecule has 0 heterocycles. The van der Waals surface area contributed by atoms with Crippen LogP contribution in [-0.4, -0.2) is 5.78 Å². The average molecular weight is 618 g/mol. The summed E-state index contributed by atoms with van der Waals surface area (Å²) in [5.41, 5.74) is 0.963. The van der Waals surface area contributed by atoms with E-state index < -0.39 is 0 Å². The molecule has 0 saturated heterocycles. The first-order valence-electron chi connectivity index (χ1n) is 9.20. The van der Waals surface area contributed by atoms with Gasteiger partial charge in [0.25, 0.3) is 0 Å². The van der Waals surface area contributed by atoms with Gasteiger partial charge in [-0.15, -0.1) is 0 Å². The minimum absolute atomic E-state index is 0.155. The molecule has 0 aromatic heterocycles. The fraction of sp³-hybridized carbons (Fsp3) is 0. The molecule has 0 saturated carbocycles. The first kappa shape index (κ1) is 20.9. The molecule has 0 unspecified atom stereocenters. The second kappa shape index (κ2) is 9.61. The summed E-state index contributed by atoms with van der Waals surface area (Å²) in [6, 6.07) is 29.9. The van der Waals surface area contributed by atoms with Gasteiger partial charge in [-0.25, -0.2) is 0 Å². The predicted molar refractivity (Wildman–Crippen MR) is 135 cm³/mol. The molecule has 4 rings (SSSR count). The van der Waals surface area contributed by atoms with Crippen molar-refractivity contribution >= 4 is 51.0 Å². The Hall–Kier alpha value is -2.39. The van der Waals surface area contributed by atoms with Crippen LogP contribution in [0.15, 0.2) is 97.1 Å². The van der Waals surface area contributed by atoms with E-state index in [-0.39, 0.29) is 5.78 Å². The summed E-state index contributed by atoms with van der Waals surface area (Å²) in [6.07, 6.45) is 0. The van der Waals surface area contributed by atoms with E-state index >= 15 is 0 Å². The van der Waals surface area contributed by atoms with E-state index in [0.717, 1.165) is 7.14 Å². The largest absolute Gasteiger partial charge is 0.457 e. The Morgan fingerprint density at radius 3 is 1.43 bits per heavy atom. The van der Waals surface area contributed by atoms with Crippen LogP contribution in [0, 0.1) is 7.14 Å². The smallest absolute Gasteiger partial charge is 0.200 e. The number of carbonyl (C=O) groups excluding carboxylic acids is 1. The van der Waals surface area contributed by atoms with Gasteiger partial charge in [0, 0.05) is 7.14 Å². The molecule has 0 N–H and O–H groups in total. The summed E-state index contributed by atoms with van der Waals surface area (Å²) in [5, 5.41) is 0. The fourth-order valence-corrected chi connectivity index (χ4v) is 3.98. The van der Waals surface area contributed by atoms with E-state index in [1.165, 1.54) is 0 Å². The summed E-state index contributed by atoms with van der Waals surface area (Å²) < 4.78 is 14.2. The average Bonchev–Trinajstić information content (AvgIpc) is 2.74. The first-order chi connectivity index (χ1) is 14.6. The number of ether oxygens (including phenoxy) is 2. The minimum atomic E-state index is -0.155. The van der Waals surface area contributed by atoms with Crippen LogP contribution >= 0.6 is 45.2 Å². The topological polar surface area (TPSA) is 35.5 Å². The molecule has 30 heavy (non-hydrogen) atoms. The van der Waals surface area contributed by atoms with Crippen molar-refractivity contribution in [1.29, 1.82) is 0 Å². The SMILES string of the molecule is O=C(c1ccccc1Oc1cccc(I)c1)c1ccccc1Oc1cccc(I)c1. The maximum absolute atomic E-state index is 13.4. The Morgan fingerprint density at radius 1 is 0.567 bits per heavy atom. The zero-order valence-electron chi connectivity index (χ0n) is 15.7. The first-order valence-corrected chi connectivity index (χ1v) is 11.4. The van der Waals surface area contributed by atoms with Gasteiger partial charge in [-0.05, 0) is 106 Å². The van der Waals surface area contributed by atoms with E-state index in [1.807, 2.05) is 72.8 Å². The molecule has 0 amide bonds. The van der Waals surface area contributed by atoms with Crippen molar-refractivity contribution in [3.05, 3.63) is 115 Å². The highest BCUT2D eigenvalue weighted by atomic mass is 127. The van der Waals surface area contributed by atoms with Crippen molar-refractivity contribution in [2.45, 2.75) is 0 Å². The van der Waals surface area contributed by atoms with Gasteiger partial charge in [-0.1, -0.05) is 36.4 Å². The molecule has 0 radical (unpaired) electrons. The van der Waals surface area contributed by atoms with E-state index in [4.69, 9.17) is 9.47 Å². The van der Waals surface area contributed by atoms with E-state index in [2.05, 4.69) is 45.2 Å². The molecular formula is C25H16I2O3. The third-order valence-electron chi connectivity index (χ3n) is 4.31. The van der Waals surface area contributed by atoms with Crippen molar-refractivity contribution in [3.8, 4) is 23.0 Å². The van der Waals surface area contributed by atoms with Crippen LogP contribution in [0.1, 0.15) is 15.9 Å². The highest BCUT2D eigenvalue weighted by molar-refractivity contribution is 14.1. The van der Waals surface area contributed by atoms with Crippen molar-refractivity contribution in [3.63, 3.8) is 0 Å². The zero-order chi connectivity index (χ0) is 20.9. The lowest BCUT2D eigenvalue weighted by Gasteiger charge is -2.13. The summed E-state index contributed by atoms with van der Waals surface area (Å²) in [7, 11) is 0. The third kappa shape index (κ3) is 5.02. The van der Waals surface area contributed by atoms with Gasteiger partial charge in [0.15, 0.2) is 0 Å². The number of hydrogen-bond donors (Lipinski definition) is 0. The Balaban J connectivity index is 1.67. The Kier molecular flexibility index (Phi) is 6.69. The van der Waals surface area contributed by atoms with Gasteiger partial charge in [-0.2, -0.15) is 0 Å². The van der Waals surface area contributed by atoms with Crippen LogP contribution in [0.2, 0.25) is 0 Å². The second-order valence-corrected chi connectivity index (χ2v) is 8.93. The fourth-order valence-electron chi connectivity index (χ4n) is 2.95. The summed E-state index contributed by atoms with van der Waals surface area (Å²) >= 11 is 4.47. The number of benzene rings is 4. The van der Waals surface area contributed by atoms with Crippen molar-refractivity contribution < 1.29 is 14.3 Å². The molecule has 5 heteroatoms. The summed E-state index contributed by atoms with van der Waals surface area (Å²) in [6.45, 7) is 0. The van der Waals surface area contributed by atoms with Gasteiger partial charge < -0.3 is 9.47 Å². The van der Waals surface area contributed by atoms with Crippen molar-refractivity contribution in [2.24, 2.45) is 0 Å². The van der Waals surface area contributed by atoms with Gasteiger partial charge in [-0.3, -0.25) is 4.79 Å². The lowest BCUT2D eigenvalue weighted by Crippen LogP contribution is -2.05. The Bertz CT molecular complexity index is 1110. The highest BCUT2D eigenvalue weighted by Crippen LogP contribution is 2.32. The normalized spacial score (nSPS) is 10.5. The molecule has 0 bridgehead atoms. The van der Waals surface area contributed by atoms with E-state index in [9.17, 15) is 4.79 Å². The van der Waals surface area contributed by atoms with Crippen molar-refractivity contribution in [2.75, 3.05) is 0 Å². The molecule has 4 aromatic carbocycles. The monoisotopic (exact) mass is 618 g/mol. The lowest BCUT2D eigenvalue weighted by atomic mass is 10.0. The van der Waals surface area contributed by atoms with Gasteiger partial charge in [0.05, 0.1) is 11.1 Å². The standard InChI is InChI=1S/C25H16I2O3/c26-17-7-5-9-19(15-17)29-23-13-3-1-11-21(23)25(28)22-12-2-4-14-24(22)30-20-10-6-8-18(27)16-20/h1-16H. The van der Waals surface area contributed by atoms with Crippen LogP contribution in [-0.2, 0) is 0 Å². The number of hydrogen-bond acceptors (Lipinski definition) is 3. The molecule has 4 aromatic rings. The molecule has 148 valence electrons. The molecule has 3 nitrogen and oxygen atoms in total. The Labute approximate surface area is 202 Å². The van der Waals surface area contributed by atoms with Crippen LogP contribution < -0.4 is 9.47 Å². The molecule has 0 aliphatic heterocycles. The number of para-hydroxylation sites is 2. The zero-order valence-corrected chi connectivity index (χ0v) is 20.0. The Morgan fingerprint density at radius 2 is 1.00 bits per heavy atom. The number of carbonyl (C=O) groups is 1. The number of ketones is 1. The van der Waals surface area contributed by atoms with Gasteiger partial charge in [0.2, 0.25) is 5.78 Å². The lowest BCUT2D eigenvalue weighted by molar-refractivity contribution is 0.103. The van der Waals surface area contributed by atoms with Gasteiger partial charge in [0.1, 0.15) is 23.0 Å². The van der Waals surface area contributed by atoms with Crippen LogP contribution in [0.3, 0.4) is 0 Å². The molecule has 0 spiro atoms. The minimum Gasteiger partial charge on any atom is -0.457 e. The molecule has 0 atom stereocenters. The van der Waals surface area contributed by atoms with Crippen LogP contribution in [0.25, 0.3) is 0 Å². The molecular weight excluding hydrogens is 602 g/mol. The third-order valence-corrected chi connectivity index (χ3v) is 5.65. The quantitative estimate of drug-likeness (QED) is 0.164. The van der Waals surface area contributed by atoms with E-state index in [0.29, 0.717) is 34.1 Å². The summed E-state index contributed by atoms with van der Waals surface area (Å²) in [5.74, 6) is 2.23. The predicted octanol–water partition coefficient (Wildman–Crippen LogP) is 7.71. The number of halogens is 2. The molecule has 0 aliphatic carbocycles. The van der Waals surface area contributed by atoms with E-state index in [1.54, 1.807) is 24.3 Å². The molecule has 0 fully saturated rings. The van der Waals surface area contributed by atoms with Crippen molar-refractivity contribution in [1.82, 2.24) is 0 Å². The second-order valence-electron chi connectivity index (χ2n) is 6.44.